The third-order valence-electron chi connectivity index (χ3n) is 4.44. The fourth-order valence-corrected chi connectivity index (χ4v) is 2.98. The molecule has 0 aliphatic rings. The summed E-state index contributed by atoms with van der Waals surface area (Å²) in [7, 11) is 0. The Balaban J connectivity index is 1.59. The Morgan fingerprint density at radius 2 is 1.68 bits per heavy atom. The fourth-order valence-electron chi connectivity index (χ4n) is 2.98. The number of ketones is 2. The fraction of sp³-hybridized carbons (Fsp3) is 0.174. The minimum atomic E-state index is -1.08. The molecule has 2 aromatic carbocycles. The maximum absolute atomic E-state index is 12.5. The van der Waals surface area contributed by atoms with Crippen molar-refractivity contribution in [3.63, 3.8) is 0 Å². The number of aryl methyl sites for hydroxylation is 1. The van der Waals surface area contributed by atoms with Crippen LogP contribution in [0.4, 0.5) is 0 Å². The lowest BCUT2D eigenvalue weighted by Crippen LogP contribution is -2.45. The predicted octanol–water partition coefficient (Wildman–Crippen LogP) is 2.55. The van der Waals surface area contributed by atoms with Gasteiger partial charge in [-0.15, -0.1) is 0 Å². The Hall–Kier alpha value is -4.07. The van der Waals surface area contributed by atoms with Gasteiger partial charge in [-0.3, -0.25) is 35.0 Å². The van der Waals surface area contributed by atoms with Crippen molar-refractivity contribution in [1.82, 2.24) is 15.8 Å². The molecule has 1 aromatic heterocycles. The molecular weight excluding hydrogens is 398 g/mol. The first-order valence-electron chi connectivity index (χ1n) is 9.65. The number of aromatic nitrogens is 1. The molecule has 0 spiro atoms. The standard InChI is InChI=1S/C23H21N3O5/c1-3-31-16-10-8-15(9-11-16)20(27)13-21(28)23(30)26-25-22(29)18-12-14(2)24-19-7-5-4-6-17(18)19/h4-12H,3,13H2,1-2H3,(H,25,29)(H,26,30). The van der Waals surface area contributed by atoms with Crippen LogP contribution in [0, 0.1) is 6.92 Å². The number of benzene rings is 2. The van der Waals surface area contributed by atoms with E-state index in [2.05, 4.69) is 15.8 Å². The van der Waals surface area contributed by atoms with Crippen molar-refractivity contribution in [3.8, 4) is 5.75 Å². The van der Waals surface area contributed by atoms with Crippen LogP contribution in [0.25, 0.3) is 10.9 Å². The lowest BCUT2D eigenvalue weighted by atomic mass is 10.1. The van der Waals surface area contributed by atoms with Gasteiger partial charge in [-0.2, -0.15) is 0 Å². The van der Waals surface area contributed by atoms with Gasteiger partial charge in [0.2, 0.25) is 5.78 Å². The molecule has 0 aliphatic heterocycles. The molecule has 3 aromatic rings. The van der Waals surface area contributed by atoms with E-state index in [0.29, 0.717) is 34.5 Å². The molecule has 0 radical (unpaired) electrons. The van der Waals surface area contributed by atoms with Crippen LogP contribution >= 0.6 is 0 Å². The molecule has 8 heteroatoms. The minimum absolute atomic E-state index is 0.285. The van der Waals surface area contributed by atoms with Crippen molar-refractivity contribution in [2.45, 2.75) is 20.3 Å². The molecule has 31 heavy (non-hydrogen) atoms. The molecule has 2 amide bonds. The van der Waals surface area contributed by atoms with E-state index >= 15 is 0 Å². The highest BCUT2D eigenvalue weighted by Gasteiger charge is 2.20. The van der Waals surface area contributed by atoms with E-state index < -0.39 is 29.8 Å². The minimum Gasteiger partial charge on any atom is -0.494 e. The van der Waals surface area contributed by atoms with Gasteiger partial charge in [0.25, 0.3) is 5.91 Å². The quantitative estimate of drug-likeness (QED) is 0.263. The highest BCUT2D eigenvalue weighted by molar-refractivity contribution is 6.40. The Morgan fingerprint density at radius 3 is 2.39 bits per heavy atom. The van der Waals surface area contributed by atoms with Crippen LogP contribution in [0.15, 0.2) is 54.6 Å². The van der Waals surface area contributed by atoms with Gasteiger partial charge in [-0.05, 0) is 50.2 Å². The van der Waals surface area contributed by atoms with Gasteiger partial charge in [0.1, 0.15) is 5.75 Å². The monoisotopic (exact) mass is 419 g/mol. The van der Waals surface area contributed by atoms with Gasteiger partial charge < -0.3 is 4.74 Å². The predicted molar refractivity (Wildman–Crippen MR) is 114 cm³/mol. The lowest BCUT2D eigenvalue weighted by Gasteiger charge is -2.10. The molecule has 158 valence electrons. The summed E-state index contributed by atoms with van der Waals surface area (Å²) in [6, 6.07) is 14.9. The molecule has 1 heterocycles. The zero-order valence-corrected chi connectivity index (χ0v) is 17.1. The second-order valence-corrected chi connectivity index (χ2v) is 6.72. The van der Waals surface area contributed by atoms with Gasteiger partial charge in [-0.25, -0.2) is 0 Å². The number of para-hydroxylation sites is 1. The molecule has 0 bridgehead atoms. The zero-order valence-electron chi connectivity index (χ0n) is 17.1. The summed E-state index contributed by atoms with van der Waals surface area (Å²) in [5.74, 6) is -2.55. The van der Waals surface area contributed by atoms with Crippen molar-refractivity contribution in [3.05, 3.63) is 71.4 Å². The number of hydrogen-bond donors (Lipinski definition) is 2. The third kappa shape index (κ3) is 5.30. The van der Waals surface area contributed by atoms with E-state index in [1.54, 1.807) is 49.4 Å². The van der Waals surface area contributed by atoms with Crippen LogP contribution in [0.5, 0.6) is 5.75 Å². The number of nitrogens with one attached hydrogen (secondary N) is 2. The SMILES string of the molecule is CCOc1ccc(C(=O)CC(=O)C(=O)NNC(=O)c2cc(C)nc3ccccc23)cc1. The van der Waals surface area contributed by atoms with Crippen molar-refractivity contribution in [2.24, 2.45) is 0 Å². The van der Waals surface area contributed by atoms with Crippen molar-refractivity contribution in [2.75, 3.05) is 6.61 Å². The smallest absolute Gasteiger partial charge is 0.306 e. The molecule has 2 N–H and O–H groups in total. The lowest BCUT2D eigenvalue weighted by molar-refractivity contribution is -0.137. The molecule has 0 saturated heterocycles. The average molecular weight is 419 g/mol. The van der Waals surface area contributed by atoms with Crippen molar-refractivity contribution < 1.29 is 23.9 Å². The van der Waals surface area contributed by atoms with E-state index in [4.69, 9.17) is 4.74 Å². The zero-order chi connectivity index (χ0) is 22.4. The first kappa shape index (κ1) is 21.6. The summed E-state index contributed by atoms with van der Waals surface area (Å²) < 4.78 is 5.30. The van der Waals surface area contributed by atoms with Crippen LogP contribution in [-0.4, -0.2) is 35.0 Å². The Bertz CT molecular complexity index is 1160. The molecule has 0 aliphatic carbocycles. The summed E-state index contributed by atoms with van der Waals surface area (Å²) in [4.78, 5) is 53.3. The van der Waals surface area contributed by atoms with Crippen LogP contribution in [0.2, 0.25) is 0 Å². The largest absolute Gasteiger partial charge is 0.494 e. The number of hydrazine groups is 1. The average Bonchev–Trinajstić information content (AvgIpc) is 2.77. The first-order valence-corrected chi connectivity index (χ1v) is 9.65. The maximum Gasteiger partial charge on any atom is 0.306 e. The van der Waals surface area contributed by atoms with Gasteiger partial charge in [0, 0.05) is 16.6 Å². The maximum atomic E-state index is 12.5. The molecule has 0 fully saturated rings. The number of carbonyl (C=O) groups is 4. The topological polar surface area (TPSA) is 114 Å². The van der Waals surface area contributed by atoms with Gasteiger partial charge in [-0.1, -0.05) is 18.2 Å². The third-order valence-corrected chi connectivity index (χ3v) is 4.44. The van der Waals surface area contributed by atoms with E-state index in [-0.39, 0.29) is 5.56 Å². The molecular formula is C23H21N3O5. The van der Waals surface area contributed by atoms with E-state index in [1.807, 2.05) is 6.92 Å². The van der Waals surface area contributed by atoms with Crippen molar-refractivity contribution in [1.29, 1.82) is 0 Å². The summed E-state index contributed by atoms with van der Waals surface area (Å²) in [6.45, 7) is 4.08. The van der Waals surface area contributed by atoms with Crippen LogP contribution in [-0.2, 0) is 9.59 Å². The van der Waals surface area contributed by atoms with E-state index in [9.17, 15) is 19.2 Å². The Labute approximate surface area is 178 Å². The van der Waals surface area contributed by atoms with E-state index in [1.165, 1.54) is 12.1 Å². The molecule has 0 atom stereocenters. The van der Waals surface area contributed by atoms with Crippen molar-refractivity contribution >= 4 is 34.3 Å². The number of hydrogen-bond acceptors (Lipinski definition) is 6. The summed E-state index contributed by atoms with van der Waals surface area (Å²) >= 11 is 0. The molecule has 0 unspecified atom stereocenters. The van der Waals surface area contributed by atoms with Gasteiger partial charge in [0.05, 0.1) is 24.1 Å². The van der Waals surface area contributed by atoms with Crippen LogP contribution < -0.4 is 15.6 Å². The second kappa shape index (κ2) is 9.62. The van der Waals surface area contributed by atoms with Crippen LogP contribution in [0.3, 0.4) is 0 Å². The molecule has 3 rings (SSSR count). The Kier molecular flexibility index (Phi) is 6.71. The number of nitrogens with zero attached hydrogens (tertiary/aromatic N) is 1. The number of pyridine rings is 1. The van der Waals surface area contributed by atoms with Crippen LogP contribution in [0.1, 0.15) is 39.8 Å². The second-order valence-electron chi connectivity index (χ2n) is 6.72. The normalized spacial score (nSPS) is 10.4. The summed E-state index contributed by atoms with van der Waals surface area (Å²) in [5.41, 5.74) is 6.14. The number of rotatable bonds is 7. The number of amides is 2. The number of carbonyl (C=O) groups excluding carboxylic acids is 4. The first-order chi connectivity index (χ1) is 14.9. The van der Waals surface area contributed by atoms with Gasteiger partial charge in [0.15, 0.2) is 5.78 Å². The molecule has 8 nitrogen and oxygen atoms in total. The summed E-state index contributed by atoms with van der Waals surface area (Å²) in [6.07, 6.45) is -0.618. The highest BCUT2D eigenvalue weighted by atomic mass is 16.5. The highest BCUT2D eigenvalue weighted by Crippen LogP contribution is 2.18. The Morgan fingerprint density at radius 1 is 0.968 bits per heavy atom. The van der Waals surface area contributed by atoms with E-state index in [0.717, 1.165) is 0 Å². The number of ether oxygens (including phenoxy) is 1. The molecule has 0 saturated carbocycles. The summed E-state index contributed by atoms with van der Waals surface area (Å²) in [5, 5.41) is 0.608. The number of fused-ring (bicyclic) bond motifs is 1. The van der Waals surface area contributed by atoms with Gasteiger partial charge >= 0.3 is 5.91 Å². The number of Topliss-reactive ketones (excluding diaryl/α,β-unsaturated/α-hetero) is 2.